The number of anilines is 1. The molecule has 0 saturated heterocycles. The second-order valence-electron chi connectivity index (χ2n) is 6.02. The molecule has 2 rings (SSSR count). The Labute approximate surface area is 127 Å². The maximum atomic E-state index is 11.8. The molecular formula is C15H17BrN2O2. The van der Waals surface area contributed by atoms with Crippen molar-refractivity contribution in [2.45, 2.75) is 44.6 Å². The summed E-state index contributed by atoms with van der Waals surface area (Å²) in [5, 5.41) is 11.9. The number of carbonyl (C=O) groups excluding carboxylic acids is 1. The van der Waals surface area contributed by atoms with E-state index in [4.69, 9.17) is 4.74 Å². The molecular weight excluding hydrogens is 320 g/mol. The molecule has 0 heterocycles. The van der Waals surface area contributed by atoms with Gasteiger partial charge >= 0.3 is 6.09 Å². The number of hydrogen-bond acceptors (Lipinski definition) is 3. The molecule has 0 aromatic heterocycles. The highest BCUT2D eigenvalue weighted by molar-refractivity contribution is 9.10. The van der Waals surface area contributed by atoms with E-state index >= 15 is 0 Å². The molecule has 5 heteroatoms. The summed E-state index contributed by atoms with van der Waals surface area (Å²) in [6.07, 6.45) is 1.24. The molecule has 0 atom stereocenters. The summed E-state index contributed by atoms with van der Waals surface area (Å²) in [5.74, 6) is 0. The summed E-state index contributed by atoms with van der Waals surface area (Å²) >= 11 is 3.39. The monoisotopic (exact) mass is 336 g/mol. The van der Waals surface area contributed by atoms with E-state index in [2.05, 4.69) is 27.3 Å². The van der Waals surface area contributed by atoms with Gasteiger partial charge in [-0.25, -0.2) is 4.79 Å². The van der Waals surface area contributed by atoms with Crippen molar-refractivity contribution in [1.29, 1.82) is 5.26 Å². The van der Waals surface area contributed by atoms with Gasteiger partial charge in [0.2, 0.25) is 0 Å². The Hall–Kier alpha value is -1.54. The van der Waals surface area contributed by atoms with Crippen molar-refractivity contribution in [1.82, 2.24) is 0 Å². The van der Waals surface area contributed by atoms with Gasteiger partial charge in [-0.3, -0.25) is 5.32 Å². The van der Waals surface area contributed by atoms with Crippen LogP contribution in [0, 0.1) is 11.3 Å². The largest absolute Gasteiger partial charge is 0.444 e. The number of amides is 1. The topological polar surface area (TPSA) is 62.1 Å². The highest BCUT2D eigenvalue weighted by Crippen LogP contribution is 2.48. The van der Waals surface area contributed by atoms with E-state index in [1.54, 1.807) is 0 Å². The minimum absolute atomic E-state index is 0.370. The first-order valence-corrected chi connectivity index (χ1v) is 7.26. The molecule has 1 saturated carbocycles. The van der Waals surface area contributed by atoms with Crippen molar-refractivity contribution in [3.8, 4) is 6.07 Å². The lowest BCUT2D eigenvalue weighted by atomic mass is 9.97. The van der Waals surface area contributed by atoms with Crippen LogP contribution in [0.1, 0.15) is 39.2 Å². The second-order valence-corrected chi connectivity index (χ2v) is 6.87. The van der Waals surface area contributed by atoms with Crippen molar-refractivity contribution in [2.75, 3.05) is 5.32 Å². The second kappa shape index (κ2) is 5.10. The van der Waals surface area contributed by atoms with Crippen LogP contribution in [0.2, 0.25) is 0 Å². The summed E-state index contributed by atoms with van der Waals surface area (Å²) in [4.78, 5) is 11.8. The molecule has 0 unspecified atom stereocenters. The van der Waals surface area contributed by atoms with Gasteiger partial charge in [0, 0.05) is 4.47 Å². The van der Waals surface area contributed by atoms with Gasteiger partial charge in [0.1, 0.15) is 5.60 Å². The Morgan fingerprint density at radius 1 is 1.45 bits per heavy atom. The third kappa shape index (κ3) is 3.31. The van der Waals surface area contributed by atoms with Gasteiger partial charge < -0.3 is 4.74 Å². The van der Waals surface area contributed by atoms with E-state index in [0.29, 0.717) is 5.69 Å². The van der Waals surface area contributed by atoms with Crippen LogP contribution in [-0.2, 0) is 10.2 Å². The Morgan fingerprint density at radius 2 is 2.10 bits per heavy atom. The summed E-state index contributed by atoms with van der Waals surface area (Å²) < 4.78 is 5.99. The number of nitriles is 1. The molecule has 1 N–H and O–H groups in total. The SMILES string of the molecule is CC(C)(C)OC(=O)Nc1cc(C2(C#N)CC2)ccc1Br. The highest BCUT2D eigenvalue weighted by atomic mass is 79.9. The van der Waals surface area contributed by atoms with E-state index in [1.165, 1.54) is 0 Å². The maximum absolute atomic E-state index is 11.8. The molecule has 1 aromatic rings. The quantitative estimate of drug-likeness (QED) is 0.873. The molecule has 0 aliphatic heterocycles. The lowest BCUT2D eigenvalue weighted by Gasteiger charge is -2.20. The molecule has 4 nitrogen and oxygen atoms in total. The van der Waals surface area contributed by atoms with Crippen molar-refractivity contribution in [3.05, 3.63) is 28.2 Å². The Kier molecular flexibility index (Phi) is 3.79. The van der Waals surface area contributed by atoms with Crippen LogP contribution in [-0.4, -0.2) is 11.7 Å². The molecule has 1 amide bonds. The zero-order chi connectivity index (χ0) is 15.0. The van der Waals surface area contributed by atoms with E-state index < -0.39 is 11.7 Å². The molecule has 106 valence electrons. The maximum Gasteiger partial charge on any atom is 0.412 e. The lowest BCUT2D eigenvalue weighted by molar-refractivity contribution is 0.0636. The molecule has 0 spiro atoms. The number of nitrogens with one attached hydrogen (secondary N) is 1. The molecule has 0 bridgehead atoms. The van der Waals surface area contributed by atoms with Gasteiger partial charge in [-0.15, -0.1) is 0 Å². The number of ether oxygens (including phenoxy) is 1. The Morgan fingerprint density at radius 3 is 2.60 bits per heavy atom. The fourth-order valence-electron chi connectivity index (χ4n) is 1.92. The molecule has 1 fully saturated rings. The van der Waals surface area contributed by atoms with Gasteiger partial charge in [-0.05, 0) is 67.2 Å². The predicted molar refractivity (Wildman–Crippen MR) is 80.5 cm³/mol. The van der Waals surface area contributed by atoms with Gasteiger partial charge in [-0.1, -0.05) is 6.07 Å². The first-order valence-electron chi connectivity index (χ1n) is 6.47. The lowest BCUT2D eigenvalue weighted by Crippen LogP contribution is -2.27. The minimum Gasteiger partial charge on any atom is -0.444 e. The average Bonchev–Trinajstić information content (AvgIpc) is 3.10. The van der Waals surface area contributed by atoms with Crippen LogP contribution in [0.15, 0.2) is 22.7 Å². The van der Waals surface area contributed by atoms with Gasteiger partial charge in [-0.2, -0.15) is 5.26 Å². The summed E-state index contributed by atoms with van der Waals surface area (Å²) in [6.45, 7) is 5.44. The van der Waals surface area contributed by atoms with E-state index in [-0.39, 0.29) is 5.41 Å². The zero-order valence-corrected chi connectivity index (χ0v) is 13.4. The molecule has 1 aromatic carbocycles. The third-order valence-corrected chi connectivity index (χ3v) is 3.81. The predicted octanol–water partition coefficient (Wildman–Crippen LogP) is 4.35. The zero-order valence-electron chi connectivity index (χ0n) is 11.8. The van der Waals surface area contributed by atoms with E-state index in [9.17, 15) is 10.1 Å². The fourth-order valence-corrected chi connectivity index (χ4v) is 2.27. The number of carbonyl (C=O) groups is 1. The average molecular weight is 337 g/mol. The van der Waals surface area contributed by atoms with Crippen molar-refractivity contribution < 1.29 is 9.53 Å². The van der Waals surface area contributed by atoms with Crippen molar-refractivity contribution >= 4 is 27.7 Å². The number of nitrogens with zero attached hydrogens (tertiary/aromatic N) is 1. The third-order valence-electron chi connectivity index (χ3n) is 3.12. The van der Waals surface area contributed by atoms with Crippen LogP contribution in [0.3, 0.4) is 0 Å². The van der Waals surface area contributed by atoms with Crippen LogP contribution in [0.4, 0.5) is 10.5 Å². The smallest absolute Gasteiger partial charge is 0.412 e. The number of halogens is 1. The van der Waals surface area contributed by atoms with E-state index in [0.717, 1.165) is 22.9 Å². The van der Waals surface area contributed by atoms with Crippen LogP contribution >= 0.6 is 15.9 Å². The molecule has 20 heavy (non-hydrogen) atoms. The molecule has 1 aliphatic rings. The van der Waals surface area contributed by atoms with E-state index in [1.807, 2.05) is 39.0 Å². The number of benzene rings is 1. The summed E-state index contributed by atoms with van der Waals surface area (Å²) in [7, 11) is 0. The van der Waals surface area contributed by atoms with Gasteiger partial charge in [0.15, 0.2) is 0 Å². The van der Waals surface area contributed by atoms with Crippen molar-refractivity contribution in [3.63, 3.8) is 0 Å². The molecule has 1 aliphatic carbocycles. The molecule has 0 radical (unpaired) electrons. The van der Waals surface area contributed by atoms with Gasteiger partial charge in [0.25, 0.3) is 0 Å². The highest BCUT2D eigenvalue weighted by Gasteiger charge is 2.45. The van der Waals surface area contributed by atoms with Crippen LogP contribution in [0.25, 0.3) is 0 Å². The van der Waals surface area contributed by atoms with Gasteiger partial charge in [0.05, 0.1) is 17.2 Å². The first-order chi connectivity index (χ1) is 9.26. The number of rotatable bonds is 2. The summed E-state index contributed by atoms with van der Waals surface area (Å²) in [5.41, 5.74) is 0.649. The van der Waals surface area contributed by atoms with Crippen molar-refractivity contribution in [2.24, 2.45) is 0 Å². The number of hydrogen-bond donors (Lipinski definition) is 1. The standard InChI is InChI=1S/C15H17BrN2O2/c1-14(2,3)20-13(19)18-12-8-10(4-5-11(12)16)15(9-17)6-7-15/h4-5,8H,6-7H2,1-3H3,(H,18,19). The first kappa shape index (κ1) is 14.9. The summed E-state index contributed by atoms with van der Waals surface area (Å²) in [6, 6.07) is 7.95. The minimum atomic E-state index is -0.543. The normalized spacial score (nSPS) is 16.1. The van der Waals surface area contributed by atoms with Crippen LogP contribution in [0.5, 0.6) is 0 Å². The fraction of sp³-hybridized carbons (Fsp3) is 0.467. The Bertz CT molecular complexity index is 581. The van der Waals surface area contributed by atoms with Crippen LogP contribution < -0.4 is 5.32 Å². The Balaban J connectivity index is 2.18.